The van der Waals surface area contributed by atoms with E-state index in [1.165, 1.54) is 12.1 Å². The van der Waals surface area contributed by atoms with Gasteiger partial charge >= 0.3 is 0 Å². The molecule has 0 fully saturated rings. The summed E-state index contributed by atoms with van der Waals surface area (Å²) in [5, 5.41) is 3.83. The number of halogens is 1. The average molecular weight is 393 g/mol. The first-order chi connectivity index (χ1) is 12.3. The van der Waals surface area contributed by atoms with Crippen molar-refractivity contribution in [2.24, 2.45) is 0 Å². The number of hydrogen-bond acceptors (Lipinski definition) is 4. The Bertz CT molecular complexity index is 957. The fraction of sp³-hybridized carbons (Fsp3) is 0.316. The second-order valence-corrected chi connectivity index (χ2v) is 8.85. The van der Waals surface area contributed by atoms with Crippen LogP contribution in [0.25, 0.3) is 0 Å². The van der Waals surface area contributed by atoms with E-state index in [1.54, 1.807) is 11.0 Å². The molecule has 7 heteroatoms. The van der Waals surface area contributed by atoms with Gasteiger partial charge in [0, 0.05) is 36.6 Å². The van der Waals surface area contributed by atoms with Crippen LogP contribution in [0.5, 0.6) is 0 Å². The minimum Gasteiger partial charge on any atom is -0.385 e. The maximum atomic E-state index is 13.1. The van der Waals surface area contributed by atoms with Gasteiger partial charge in [0.1, 0.15) is 0 Å². The Balaban J connectivity index is 1.95. The smallest absolute Gasteiger partial charge is 0.256 e. The highest BCUT2D eigenvalue weighted by atomic mass is 35.5. The molecule has 3 rings (SSSR count). The summed E-state index contributed by atoms with van der Waals surface area (Å²) in [6.45, 7) is 3.63. The van der Waals surface area contributed by atoms with Crippen molar-refractivity contribution in [3.05, 3.63) is 58.1 Å². The standard InChI is InChI=1S/C19H21ClN2O3S/c1-3-21-18-7-6-16(26(2,24)25)11-17(18)19(23)22-9-8-13-10-15(20)5-4-14(13)12-22/h4-7,10-11,21H,3,8-9,12H2,1-2H3. The predicted molar refractivity (Wildman–Crippen MR) is 104 cm³/mol. The number of rotatable bonds is 4. The predicted octanol–water partition coefficient (Wildman–Crippen LogP) is 3.37. The van der Waals surface area contributed by atoms with E-state index in [4.69, 9.17) is 11.6 Å². The third kappa shape index (κ3) is 3.86. The van der Waals surface area contributed by atoms with Crippen molar-refractivity contribution in [2.45, 2.75) is 24.8 Å². The van der Waals surface area contributed by atoms with E-state index >= 15 is 0 Å². The van der Waals surface area contributed by atoms with Gasteiger partial charge in [0.15, 0.2) is 9.84 Å². The number of nitrogens with one attached hydrogen (secondary N) is 1. The Hall–Kier alpha value is -2.05. The summed E-state index contributed by atoms with van der Waals surface area (Å²) < 4.78 is 23.8. The van der Waals surface area contributed by atoms with Crippen molar-refractivity contribution < 1.29 is 13.2 Å². The van der Waals surface area contributed by atoms with Gasteiger partial charge in [0.2, 0.25) is 0 Å². The fourth-order valence-corrected chi connectivity index (χ4v) is 3.98. The van der Waals surface area contributed by atoms with Gasteiger partial charge in [-0.25, -0.2) is 8.42 Å². The zero-order chi connectivity index (χ0) is 18.9. The lowest BCUT2D eigenvalue weighted by Gasteiger charge is -2.30. The first-order valence-corrected chi connectivity index (χ1v) is 10.7. The van der Waals surface area contributed by atoms with Crippen LogP contribution in [0.1, 0.15) is 28.4 Å². The Labute approximate surface area is 158 Å². The third-order valence-electron chi connectivity index (χ3n) is 4.48. The Morgan fingerprint density at radius 3 is 2.65 bits per heavy atom. The van der Waals surface area contributed by atoms with E-state index in [0.29, 0.717) is 35.9 Å². The number of benzene rings is 2. The normalized spacial score (nSPS) is 14.0. The molecule has 0 bridgehead atoms. The molecule has 0 unspecified atom stereocenters. The van der Waals surface area contributed by atoms with Crippen LogP contribution < -0.4 is 5.32 Å². The van der Waals surface area contributed by atoms with Crippen LogP contribution in [0.3, 0.4) is 0 Å². The van der Waals surface area contributed by atoms with E-state index in [-0.39, 0.29) is 10.8 Å². The van der Waals surface area contributed by atoms with Gasteiger partial charge in [-0.1, -0.05) is 17.7 Å². The molecule has 0 radical (unpaired) electrons. The molecule has 0 spiro atoms. The number of nitrogens with zero attached hydrogens (tertiary/aromatic N) is 1. The van der Waals surface area contributed by atoms with Crippen molar-refractivity contribution in [3.63, 3.8) is 0 Å². The van der Waals surface area contributed by atoms with Gasteiger partial charge in [-0.2, -0.15) is 0 Å². The number of fused-ring (bicyclic) bond motifs is 1. The molecule has 0 saturated heterocycles. The molecule has 1 amide bonds. The third-order valence-corrected chi connectivity index (χ3v) is 5.83. The Morgan fingerprint density at radius 1 is 1.19 bits per heavy atom. The molecule has 1 heterocycles. The van der Waals surface area contributed by atoms with E-state index in [9.17, 15) is 13.2 Å². The minimum absolute atomic E-state index is 0.145. The average Bonchev–Trinajstić information content (AvgIpc) is 2.60. The van der Waals surface area contributed by atoms with Gasteiger partial charge in [0.25, 0.3) is 5.91 Å². The lowest BCUT2D eigenvalue weighted by molar-refractivity contribution is 0.0735. The Morgan fingerprint density at radius 2 is 1.96 bits per heavy atom. The van der Waals surface area contributed by atoms with Gasteiger partial charge in [-0.05, 0) is 54.8 Å². The lowest BCUT2D eigenvalue weighted by Crippen LogP contribution is -2.36. The first-order valence-electron chi connectivity index (χ1n) is 8.44. The number of carbonyl (C=O) groups is 1. The second kappa shape index (κ2) is 7.29. The Kier molecular flexibility index (Phi) is 5.25. The zero-order valence-corrected chi connectivity index (χ0v) is 16.3. The topological polar surface area (TPSA) is 66.5 Å². The van der Waals surface area contributed by atoms with Gasteiger partial charge in [-0.15, -0.1) is 0 Å². The number of anilines is 1. The van der Waals surface area contributed by atoms with Crippen molar-refractivity contribution in [1.82, 2.24) is 4.90 Å². The van der Waals surface area contributed by atoms with Gasteiger partial charge in [0.05, 0.1) is 10.5 Å². The van der Waals surface area contributed by atoms with E-state index < -0.39 is 9.84 Å². The van der Waals surface area contributed by atoms with Crippen LogP contribution >= 0.6 is 11.6 Å². The SMILES string of the molecule is CCNc1ccc(S(C)(=O)=O)cc1C(=O)N1CCc2cc(Cl)ccc2C1. The molecule has 5 nitrogen and oxygen atoms in total. The lowest BCUT2D eigenvalue weighted by atomic mass is 9.99. The van der Waals surface area contributed by atoms with Crippen molar-refractivity contribution in [3.8, 4) is 0 Å². The van der Waals surface area contributed by atoms with Crippen LogP contribution in [0.2, 0.25) is 5.02 Å². The van der Waals surface area contributed by atoms with E-state index in [1.807, 2.05) is 25.1 Å². The quantitative estimate of drug-likeness (QED) is 0.866. The van der Waals surface area contributed by atoms with Gasteiger partial charge < -0.3 is 10.2 Å². The highest BCUT2D eigenvalue weighted by Crippen LogP contribution is 2.27. The molecule has 2 aromatic carbocycles. The van der Waals surface area contributed by atoms with E-state index in [2.05, 4.69) is 5.32 Å². The summed E-state index contributed by atoms with van der Waals surface area (Å²) in [7, 11) is -3.39. The molecular formula is C19H21ClN2O3S. The molecule has 0 atom stereocenters. The largest absolute Gasteiger partial charge is 0.385 e. The molecule has 1 aliphatic rings. The molecule has 26 heavy (non-hydrogen) atoms. The molecule has 1 N–H and O–H groups in total. The molecule has 1 aliphatic heterocycles. The van der Waals surface area contributed by atoms with Gasteiger partial charge in [-0.3, -0.25) is 4.79 Å². The van der Waals surface area contributed by atoms with Crippen LogP contribution in [-0.2, 0) is 22.8 Å². The second-order valence-electron chi connectivity index (χ2n) is 6.40. The molecular weight excluding hydrogens is 372 g/mol. The van der Waals surface area contributed by atoms with Crippen LogP contribution in [0.15, 0.2) is 41.3 Å². The maximum absolute atomic E-state index is 13.1. The highest BCUT2D eigenvalue weighted by Gasteiger charge is 2.25. The molecule has 0 aromatic heterocycles. The van der Waals surface area contributed by atoms with Crippen LogP contribution in [-0.4, -0.2) is 38.6 Å². The number of amides is 1. The van der Waals surface area contributed by atoms with Crippen molar-refractivity contribution in [1.29, 1.82) is 0 Å². The fourth-order valence-electron chi connectivity index (χ4n) is 3.14. The molecule has 2 aromatic rings. The zero-order valence-electron chi connectivity index (χ0n) is 14.8. The van der Waals surface area contributed by atoms with Crippen LogP contribution in [0, 0.1) is 0 Å². The van der Waals surface area contributed by atoms with E-state index in [0.717, 1.165) is 23.8 Å². The van der Waals surface area contributed by atoms with Crippen molar-refractivity contribution >= 4 is 33.0 Å². The monoisotopic (exact) mass is 392 g/mol. The number of carbonyl (C=O) groups excluding carboxylic acids is 1. The summed E-state index contributed by atoms with van der Waals surface area (Å²) in [5.74, 6) is -0.174. The summed E-state index contributed by atoms with van der Waals surface area (Å²) in [5.41, 5.74) is 3.25. The summed E-state index contributed by atoms with van der Waals surface area (Å²) in [6, 6.07) is 10.3. The number of hydrogen-bond donors (Lipinski definition) is 1. The highest BCUT2D eigenvalue weighted by molar-refractivity contribution is 7.90. The minimum atomic E-state index is -3.39. The summed E-state index contributed by atoms with van der Waals surface area (Å²) >= 11 is 6.04. The molecule has 0 saturated carbocycles. The van der Waals surface area contributed by atoms with Crippen LogP contribution in [0.4, 0.5) is 5.69 Å². The summed E-state index contributed by atoms with van der Waals surface area (Å²) in [6.07, 6.45) is 1.87. The molecule has 138 valence electrons. The number of sulfone groups is 1. The first kappa shape index (κ1) is 18.7. The maximum Gasteiger partial charge on any atom is 0.256 e. The summed E-state index contributed by atoms with van der Waals surface area (Å²) in [4.78, 5) is 15.0. The van der Waals surface area contributed by atoms with Crippen molar-refractivity contribution in [2.75, 3.05) is 24.7 Å². The molecule has 0 aliphatic carbocycles.